The third-order valence-electron chi connectivity index (χ3n) is 17.8. The Kier molecular flexibility index (Phi) is 9.24. The van der Waals surface area contributed by atoms with E-state index in [9.17, 15) is 29.4 Å². The summed E-state index contributed by atoms with van der Waals surface area (Å²) in [5.74, 6) is -1.53. The number of esters is 2. The smallest absolute Gasteiger partial charge is 0.306 e. The fourth-order valence-electron chi connectivity index (χ4n) is 14.7. The van der Waals surface area contributed by atoms with Crippen molar-refractivity contribution < 1.29 is 43.3 Å². The number of ketones is 2. The number of alkyl halides is 1. The normalized spacial score (nSPS) is 48.2. The highest BCUT2D eigenvalue weighted by molar-refractivity contribution is 5.92. The van der Waals surface area contributed by atoms with Crippen LogP contribution in [0.5, 0.6) is 0 Å². The largest absolute Gasteiger partial charge is 0.462 e. The van der Waals surface area contributed by atoms with Crippen molar-refractivity contribution in [3.8, 4) is 0 Å². The number of carbonyl (C=O) groups is 4. The van der Waals surface area contributed by atoms with Crippen molar-refractivity contribution in [1.82, 2.24) is 0 Å². The zero-order chi connectivity index (χ0) is 39.5. The molecule has 0 heterocycles. The minimum atomic E-state index is -1.97. The van der Waals surface area contributed by atoms with Gasteiger partial charge in [-0.25, -0.2) is 4.39 Å². The van der Waals surface area contributed by atoms with Crippen LogP contribution in [0.4, 0.5) is 4.39 Å². The number of halogens is 1. The summed E-state index contributed by atoms with van der Waals surface area (Å²) in [7, 11) is 0. The first kappa shape index (κ1) is 38.9. The van der Waals surface area contributed by atoms with Crippen molar-refractivity contribution in [2.75, 3.05) is 6.61 Å². The lowest BCUT2D eigenvalue weighted by atomic mass is 9.44. The topological polar surface area (TPSA) is 127 Å². The maximum Gasteiger partial charge on any atom is 0.306 e. The number of ether oxygens (including phenoxy) is 2. The molecule has 0 radical (unpaired) electrons. The van der Waals surface area contributed by atoms with E-state index in [1.165, 1.54) is 5.57 Å². The zero-order valence-electron chi connectivity index (χ0n) is 33.5. The molecule has 2 N–H and O–H groups in total. The minimum absolute atomic E-state index is 0.0801. The first-order chi connectivity index (χ1) is 25.8. The second-order valence-electron chi connectivity index (χ2n) is 20.0. The van der Waals surface area contributed by atoms with Crippen molar-refractivity contribution >= 4 is 23.5 Å². The summed E-state index contributed by atoms with van der Waals surface area (Å²) in [5.41, 5.74) is -3.05. The van der Waals surface area contributed by atoms with Crippen molar-refractivity contribution in [2.24, 2.45) is 57.2 Å². The highest BCUT2D eigenvalue weighted by atomic mass is 19.1. The van der Waals surface area contributed by atoms with Gasteiger partial charge in [0.05, 0.1) is 18.9 Å². The molecule has 0 bridgehead atoms. The van der Waals surface area contributed by atoms with Gasteiger partial charge in [0.2, 0.25) is 5.78 Å². The van der Waals surface area contributed by atoms with Crippen LogP contribution in [-0.4, -0.2) is 63.8 Å². The Morgan fingerprint density at radius 2 is 1.62 bits per heavy atom. The Hall–Kier alpha value is -2.91. The lowest BCUT2D eigenvalue weighted by Crippen LogP contribution is -2.69. The molecule has 8 nitrogen and oxygen atoms in total. The molecule has 0 amide bonds. The first-order valence-corrected chi connectivity index (χ1v) is 21.1. The number of allylic oxidation sites excluding steroid dienone is 6. The number of Topliss-reactive ketones (excluding diaryl/α,β-unsaturated/α-hetero) is 1. The van der Waals surface area contributed by atoms with Crippen LogP contribution in [0.25, 0.3) is 0 Å². The number of hydrogen-bond acceptors (Lipinski definition) is 8. The summed E-state index contributed by atoms with van der Waals surface area (Å²) in [6, 6.07) is 0. The molecular formula is C46H61FO8. The van der Waals surface area contributed by atoms with Crippen molar-refractivity contribution in [3.63, 3.8) is 0 Å². The molecule has 8 aliphatic rings. The van der Waals surface area contributed by atoms with E-state index in [4.69, 9.17) is 9.47 Å². The fraction of sp³-hybridized carbons (Fsp3) is 0.739. The standard InChI is InChI=1S/C46H61FO8/c1-26-15-20-43(5)29(21-26)8-10-34-35-22-27(2)46(53,44(35,6)24-36(49)45(34,43)47)37(50)25-54-39(51)13-14-40(52)55-38-12-11-32-31-9-7-28-23-30(48)16-18-41(28,3)33(31)17-19-42(32,38)4/h15,20-21,23,27,31-36,38,49,53H,1,7-14,16-19,22,24-25H2,2-6H3. The number of aliphatic hydroxyl groups is 2. The van der Waals surface area contributed by atoms with Gasteiger partial charge < -0.3 is 19.7 Å². The van der Waals surface area contributed by atoms with Gasteiger partial charge in [0.1, 0.15) is 11.7 Å². The predicted molar refractivity (Wildman–Crippen MR) is 204 cm³/mol. The van der Waals surface area contributed by atoms with Gasteiger partial charge in [-0.15, -0.1) is 0 Å². The first-order valence-electron chi connectivity index (χ1n) is 21.1. The van der Waals surface area contributed by atoms with Gasteiger partial charge in [-0.05, 0) is 124 Å². The average molecular weight is 761 g/mol. The highest BCUT2D eigenvalue weighted by Gasteiger charge is 2.75. The van der Waals surface area contributed by atoms with Crippen LogP contribution < -0.4 is 0 Å². The molecule has 8 rings (SSSR count). The van der Waals surface area contributed by atoms with Gasteiger partial charge in [0.15, 0.2) is 18.1 Å². The molecule has 0 spiro atoms. The van der Waals surface area contributed by atoms with Gasteiger partial charge in [0.25, 0.3) is 0 Å². The molecule has 0 saturated heterocycles. The molecule has 6 fully saturated rings. The van der Waals surface area contributed by atoms with Gasteiger partial charge in [-0.2, -0.15) is 0 Å². The minimum Gasteiger partial charge on any atom is -0.462 e. The van der Waals surface area contributed by atoms with Crippen LogP contribution in [0.15, 0.2) is 47.6 Å². The maximum absolute atomic E-state index is 17.6. The third-order valence-corrected chi connectivity index (χ3v) is 17.8. The molecule has 14 unspecified atom stereocenters. The molecule has 300 valence electrons. The maximum atomic E-state index is 17.6. The number of hydrogen-bond donors (Lipinski definition) is 2. The Balaban J connectivity index is 0.864. The van der Waals surface area contributed by atoms with Gasteiger partial charge in [0, 0.05) is 28.6 Å². The molecule has 55 heavy (non-hydrogen) atoms. The third kappa shape index (κ3) is 5.39. The molecule has 0 aromatic heterocycles. The summed E-state index contributed by atoms with van der Waals surface area (Å²) in [5, 5.41) is 23.9. The monoisotopic (exact) mass is 760 g/mol. The van der Waals surface area contributed by atoms with E-state index in [-0.39, 0.29) is 47.9 Å². The Labute approximate surface area is 325 Å². The van der Waals surface area contributed by atoms with Crippen LogP contribution >= 0.6 is 0 Å². The molecule has 0 aliphatic heterocycles. The molecule has 0 aromatic rings. The highest BCUT2D eigenvalue weighted by Crippen LogP contribution is 2.71. The Bertz CT molecular complexity index is 1800. The molecule has 14 atom stereocenters. The summed E-state index contributed by atoms with van der Waals surface area (Å²) in [4.78, 5) is 52.2. The van der Waals surface area contributed by atoms with Crippen LogP contribution in [0.3, 0.4) is 0 Å². The zero-order valence-corrected chi connectivity index (χ0v) is 33.5. The second kappa shape index (κ2) is 13.1. The van der Waals surface area contributed by atoms with Gasteiger partial charge in [-0.3, -0.25) is 19.2 Å². The van der Waals surface area contributed by atoms with E-state index in [2.05, 4.69) is 20.4 Å². The molecule has 8 aliphatic carbocycles. The Morgan fingerprint density at radius 3 is 2.38 bits per heavy atom. The summed E-state index contributed by atoms with van der Waals surface area (Å²) < 4.78 is 29.1. The van der Waals surface area contributed by atoms with Crippen molar-refractivity contribution in [3.05, 3.63) is 47.6 Å². The van der Waals surface area contributed by atoms with E-state index in [0.29, 0.717) is 43.4 Å². The number of aliphatic hydroxyl groups excluding tert-OH is 1. The summed E-state index contributed by atoms with van der Waals surface area (Å²) in [6.45, 7) is 13.4. The molecule has 0 aromatic carbocycles. The van der Waals surface area contributed by atoms with Gasteiger partial charge in [-0.1, -0.05) is 63.6 Å². The average Bonchev–Trinajstić information content (AvgIpc) is 3.57. The summed E-state index contributed by atoms with van der Waals surface area (Å²) in [6.07, 6.45) is 14.3. The van der Waals surface area contributed by atoms with Crippen LogP contribution in [0.1, 0.15) is 125 Å². The lowest BCUT2D eigenvalue weighted by Gasteiger charge is -2.62. The lowest BCUT2D eigenvalue weighted by molar-refractivity contribution is -0.219. The molecule has 6 saturated carbocycles. The van der Waals surface area contributed by atoms with E-state index in [1.807, 2.05) is 25.2 Å². The fourth-order valence-corrected chi connectivity index (χ4v) is 14.7. The van der Waals surface area contributed by atoms with E-state index in [0.717, 1.165) is 56.1 Å². The molecular weight excluding hydrogens is 699 g/mol. The van der Waals surface area contributed by atoms with Crippen LogP contribution in [-0.2, 0) is 28.7 Å². The van der Waals surface area contributed by atoms with Gasteiger partial charge >= 0.3 is 11.9 Å². The van der Waals surface area contributed by atoms with Crippen LogP contribution in [0, 0.1) is 57.2 Å². The number of rotatable bonds is 7. The van der Waals surface area contributed by atoms with E-state index >= 15 is 4.39 Å². The quantitative estimate of drug-likeness (QED) is 0.254. The van der Waals surface area contributed by atoms with Crippen LogP contribution in [0.2, 0.25) is 0 Å². The second-order valence-corrected chi connectivity index (χ2v) is 20.0. The summed E-state index contributed by atoms with van der Waals surface area (Å²) >= 11 is 0. The van der Waals surface area contributed by atoms with Crippen molar-refractivity contribution in [2.45, 2.75) is 148 Å². The number of fused-ring (bicyclic) bond motifs is 10. The Morgan fingerprint density at radius 1 is 0.891 bits per heavy atom. The molecule has 9 heteroatoms. The number of carbonyl (C=O) groups excluding carboxylic acids is 4. The van der Waals surface area contributed by atoms with E-state index in [1.54, 1.807) is 19.9 Å². The van der Waals surface area contributed by atoms with Crippen molar-refractivity contribution in [1.29, 1.82) is 0 Å². The van der Waals surface area contributed by atoms with E-state index < -0.39 is 64.4 Å². The predicted octanol–water partition coefficient (Wildman–Crippen LogP) is 7.66. The SMILES string of the molecule is C=C1C=CC2(C)C(=C1)CCC1C3CC(C)C(O)(C(=O)COC(=O)CCC(=O)OC4CCC5C6CCC7=CC(=O)CCC7(C)C6CCC45C)C3(C)CC(O)C12F.